The van der Waals surface area contributed by atoms with Gasteiger partial charge in [-0.3, -0.25) is 10.1 Å². The number of nitrogens with one attached hydrogen (secondary N) is 1. The zero-order valence-electron chi connectivity index (χ0n) is 28.3. The number of nitrogens with zero attached hydrogens (tertiary/aromatic N) is 2. The minimum absolute atomic E-state index is 0.0150. The third-order valence-corrected chi connectivity index (χ3v) is 11.2. The molecule has 1 amide bonds. The van der Waals surface area contributed by atoms with Crippen molar-refractivity contribution in [3.05, 3.63) is 100 Å². The number of hydrogen-bond donors (Lipinski definition) is 2. The summed E-state index contributed by atoms with van der Waals surface area (Å²) < 4.78 is 51.9. The first-order chi connectivity index (χ1) is 24.1. The molecule has 14 heteroatoms. The summed E-state index contributed by atoms with van der Waals surface area (Å²) in [5.41, 5.74) is 1.55. The van der Waals surface area contributed by atoms with E-state index >= 15 is 0 Å². The van der Waals surface area contributed by atoms with E-state index in [1.54, 1.807) is 12.1 Å². The number of aliphatic hydroxyl groups excluding tert-OH is 1. The van der Waals surface area contributed by atoms with Crippen LogP contribution in [0.15, 0.2) is 83.8 Å². The molecule has 0 bridgehead atoms. The number of benzene rings is 3. The number of hydrogen-bond acceptors (Lipinski definition) is 10. The van der Waals surface area contributed by atoms with Gasteiger partial charge in [0.2, 0.25) is 10.0 Å². The molecule has 2 aliphatic heterocycles. The molecule has 13 nitrogen and oxygen atoms in total. The lowest BCUT2D eigenvalue weighted by molar-refractivity contribution is -0.384. The second-order valence-corrected chi connectivity index (χ2v) is 14.6. The summed E-state index contributed by atoms with van der Waals surface area (Å²) in [6, 6.07) is 20.7. The van der Waals surface area contributed by atoms with E-state index in [0.717, 1.165) is 23.3 Å². The van der Waals surface area contributed by atoms with E-state index < -0.39 is 45.6 Å². The fraction of sp³-hybridized carbons (Fsp3) is 0.472. The molecule has 3 aromatic rings. The van der Waals surface area contributed by atoms with Gasteiger partial charge in [-0.15, -0.1) is 0 Å². The number of rotatable bonds is 17. The van der Waals surface area contributed by atoms with Crippen molar-refractivity contribution in [2.75, 3.05) is 26.3 Å². The predicted molar refractivity (Wildman–Crippen MR) is 184 cm³/mol. The molecular weight excluding hydrogens is 666 g/mol. The summed E-state index contributed by atoms with van der Waals surface area (Å²) in [4.78, 5) is 23.7. The van der Waals surface area contributed by atoms with Gasteiger partial charge in [-0.1, -0.05) is 69.2 Å². The van der Waals surface area contributed by atoms with Crippen molar-refractivity contribution in [1.82, 2.24) is 9.62 Å². The molecule has 2 N–H and O–H groups in total. The van der Waals surface area contributed by atoms with Crippen molar-refractivity contribution >= 4 is 21.8 Å². The standard InChI is InChI=1S/C36H45N3O10S/c1-3-25(4-2)21-38(50(44,45)30-16-12-28(13-17-30)39(42)43)22-33(40)32(37-36(41)49-34-24-48-35-31(34)18-19-46-35)20-26-10-14-29(15-11-26)47-23-27-8-6-5-7-9-27/h5-17,25,31-35,40H,3-4,18-24H2,1-2H3,(H,37,41)/t31-,32-,33+,34-,35+/m0/s1. The van der Waals surface area contributed by atoms with Crippen LogP contribution in [0.3, 0.4) is 0 Å². The smallest absolute Gasteiger partial charge is 0.407 e. The lowest BCUT2D eigenvalue weighted by Crippen LogP contribution is -2.52. The van der Waals surface area contributed by atoms with Crippen LogP contribution in [0.25, 0.3) is 0 Å². The minimum atomic E-state index is -4.19. The number of carbonyl (C=O) groups is 1. The summed E-state index contributed by atoms with van der Waals surface area (Å²) >= 11 is 0. The molecule has 0 unspecified atom stereocenters. The molecule has 2 saturated heterocycles. The SMILES string of the molecule is CCC(CC)CN(C[C@@H](O)[C@H](Cc1ccc(OCc2ccccc2)cc1)NC(=O)O[C@H]1CO[C@H]2OCC[C@H]21)S(=O)(=O)c1ccc([N+](=O)[O-])cc1. The maximum absolute atomic E-state index is 14.0. The molecule has 50 heavy (non-hydrogen) atoms. The van der Waals surface area contributed by atoms with Crippen LogP contribution in [0.5, 0.6) is 5.75 Å². The number of sulfonamides is 1. The van der Waals surface area contributed by atoms with Crippen molar-refractivity contribution in [3.8, 4) is 5.75 Å². The van der Waals surface area contributed by atoms with E-state index in [2.05, 4.69) is 5.32 Å². The molecule has 3 aromatic carbocycles. The fourth-order valence-corrected chi connectivity index (χ4v) is 7.73. The molecule has 0 aliphatic carbocycles. The van der Waals surface area contributed by atoms with E-state index in [1.807, 2.05) is 56.3 Å². The molecule has 270 valence electrons. The Bertz CT molecular complexity index is 1650. The van der Waals surface area contributed by atoms with Crippen molar-refractivity contribution in [3.63, 3.8) is 0 Å². The van der Waals surface area contributed by atoms with Gasteiger partial charge in [-0.25, -0.2) is 13.2 Å². The number of alkyl carbamates (subject to hydrolysis) is 1. The number of carbonyl (C=O) groups excluding carboxylic acids is 1. The Kier molecular flexibility index (Phi) is 12.8. The maximum Gasteiger partial charge on any atom is 0.407 e. The van der Waals surface area contributed by atoms with Crippen LogP contribution in [-0.4, -0.2) is 79.7 Å². The first-order valence-corrected chi connectivity index (χ1v) is 18.4. The second kappa shape index (κ2) is 17.2. The average molecular weight is 712 g/mol. The van der Waals surface area contributed by atoms with E-state index in [0.29, 0.717) is 38.2 Å². The highest BCUT2D eigenvalue weighted by Crippen LogP contribution is 2.33. The molecule has 5 rings (SSSR count). The number of amides is 1. The first kappa shape index (κ1) is 37.2. The minimum Gasteiger partial charge on any atom is -0.489 e. The highest BCUT2D eigenvalue weighted by molar-refractivity contribution is 7.89. The Hall–Kier alpha value is -4.08. The number of nitro benzene ring substituents is 1. The number of ether oxygens (including phenoxy) is 4. The zero-order chi connectivity index (χ0) is 35.7. The average Bonchev–Trinajstić information content (AvgIpc) is 3.75. The lowest BCUT2D eigenvalue weighted by Gasteiger charge is -2.31. The van der Waals surface area contributed by atoms with Crippen molar-refractivity contribution < 1.29 is 42.2 Å². The van der Waals surface area contributed by atoms with Gasteiger partial charge in [-0.05, 0) is 54.2 Å². The third-order valence-electron chi connectivity index (χ3n) is 9.33. The molecule has 5 atom stereocenters. The molecule has 0 radical (unpaired) electrons. The van der Waals surface area contributed by atoms with E-state index in [1.165, 1.54) is 16.4 Å². The van der Waals surface area contributed by atoms with Gasteiger partial charge in [0.05, 0.1) is 41.1 Å². The van der Waals surface area contributed by atoms with Gasteiger partial charge in [0.15, 0.2) is 6.29 Å². The van der Waals surface area contributed by atoms with Crippen molar-refractivity contribution in [1.29, 1.82) is 0 Å². The van der Waals surface area contributed by atoms with Gasteiger partial charge in [0.25, 0.3) is 5.69 Å². The highest BCUT2D eigenvalue weighted by Gasteiger charge is 2.44. The summed E-state index contributed by atoms with van der Waals surface area (Å²) in [6.07, 6.45) is -0.818. The van der Waals surface area contributed by atoms with Crippen LogP contribution >= 0.6 is 0 Å². The van der Waals surface area contributed by atoms with Crippen LogP contribution in [0.4, 0.5) is 10.5 Å². The van der Waals surface area contributed by atoms with Gasteiger partial charge in [-0.2, -0.15) is 4.31 Å². The largest absolute Gasteiger partial charge is 0.489 e. The second-order valence-electron chi connectivity index (χ2n) is 12.7. The highest BCUT2D eigenvalue weighted by atomic mass is 32.2. The zero-order valence-corrected chi connectivity index (χ0v) is 29.1. The van der Waals surface area contributed by atoms with E-state index in [4.69, 9.17) is 18.9 Å². The quantitative estimate of drug-likeness (QED) is 0.143. The van der Waals surface area contributed by atoms with Crippen molar-refractivity contribution in [2.24, 2.45) is 11.8 Å². The number of non-ortho nitro benzene ring substituents is 1. The van der Waals surface area contributed by atoms with Gasteiger partial charge >= 0.3 is 6.09 Å². The molecule has 0 aromatic heterocycles. The Morgan fingerprint density at radius 3 is 2.36 bits per heavy atom. The van der Waals surface area contributed by atoms with Crippen molar-refractivity contribution in [2.45, 2.75) is 75.6 Å². The fourth-order valence-electron chi connectivity index (χ4n) is 6.20. The summed E-state index contributed by atoms with van der Waals surface area (Å²) in [5, 5.41) is 25.7. The summed E-state index contributed by atoms with van der Waals surface area (Å²) in [6.45, 7) is 4.78. The number of fused-ring (bicyclic) bond motifs is 1. The first-order valence-electron chi connectivity index (χ1n) is 17.0. The van der Waals surface area contributed by atoms with Gasteiger partial charge in [0.1, 0.15) is 18.5 Å². The summed E-state index contributed by atoms with van der Waals surface area (Å²) in [5.74, 6) is 0.538. The molecule has 0 saturated carbocycles. The van der Waals surface area contributed by atoms with E-state index in [-0.39, 0.29) is 48.5 Å². The van der Waals surface area contributed by atoms with Crippen LogP contribution in [0.1, 0.15) is 44.2 Å². The van der Waals surface area contributed by atoms with E-state index in [9.17, 15) is 28.4 Å². The normalized spacial score (nSPS) is 20.0. The molecular formula is C36H45N3O10S. The van der Waals surface area contributed by atoms with Crippen LogP contribution in [0, 0.1) is 22.0 Å². The maximum atomic E-state index is 14.0. The predicted octanol–water partition coefficient (Wildman–Crippen LogP) is 5.06. The summed E-state index contributed by atoms with van der Waals surface area (Å²) in [7, 11) is -4.19. The van der Waals surface area contributed by atoms with Gasteiger partial charge in [0, 0.05) is 25.2 Å². The van der Waals surface area contributed by atoms with Crippen LogP contribution in [0.2, 0.25) is 0 Å². The molecule has 2 aliphatic rings. The Balaban J connectivity index is 1.35. The monoisotopic (exact) mass is 711 g/mol. The van der Waals surface area contributed by atoms with Gasteiger partial charge < -0.3 is 29.4 Å². The number of aliphatic hydroxyl groups is 1. The van der Waals surface area contributed by atoms with Crippen LogP contribution < -0.4 is 10.1 Å². The number of nitro groups is 1. The van der Waals surface area contributed by atoms with Crippen LogP contribution in [-0.2, 0) is 37.3 Å². The topological polar surface area (TPSA) is 167 Å². The molecule has 0 spiro atoms. The third kappa shape index (κ3) is 9.58. The Morgan fingerprint density at radius 1 is 1.00 bits per heavy atom. The lowest BCUT2D eigenvalue weighted by atomic mass is 10.00. The Morgan fingerprint density at radius 2 is 1.70 bits per heavy atom. The molecule has 2 fully saturated rings. The Labute approximate surface area is 292 Å². The molecule has 2 heterocycles.